The van der Waals surface area contributed by atoms with Crippen LogP contribution in [-0.2, 0) is 0 Å². The van der Waals surface area contributed by atoms with Crippen LogP contribution < -0.4 is 0 Å². The van der Waals surface area contributed by atoms with Crippen molar-refractivity contribution in [2.24, 2.45) is 0 Å². The highest BCUT2D eigenvalue weighted by Crippen LogP contribution is 2.13. The molecule has 0 amide bonds. The number of hydrogen-bond donors (Lipinski definition) is 0. The molecule has 0 spiro atoms. The fourth-order valence-electron chi connectivity index (χ4n) is 1.30. The predicted molar refractivity (Wildman–Crippen MR) is 56.1 cm³/mol. The van der Waals surface area contributed by atoms with E-state index >= 15 is 0 Å². The van der Waals surface area contributed by atoms with Crippen molar-refractivity contribution in [3.8, 4) is 0 Å². The molecule has 0 N–H and O–H groups in total. The van der Waals surface area contributed by atoms with Gasteiger partial charge in [-0.1, -0.05) is 26.5 Å². The molecule has 1 heterocycles. The monoisotopic (exact) mass is 167 g/mol. The fraction of sp³-hybridized carbons (Fsp3) is 0.636. The molecule has 1 rings (SSSR count). The lowest BCUT2D eigenvalue weighted by atomic mass is 10.4. The van der Waals surface area contributed by atoms with E-state index in [1.165, 1.54) is 31.6 Å². The number of rotatable bonds is 2. The van der Waals surface area contributed by atoms with Crippen LogP contribution in [0.4, 0.5) is 0 Å². The van der Waals surface area contributed by atoms with Crippen molar-refractivity contribution >= 4 is 0 Å². The Bertz CT molecular complexity index is 141. The van der Waals surface area contributed by atoms with Crippen molar-refractivity contribution in [3.63, 3.8) is 0 Å². The Morgan fingerprint density at radius 3 is 2.17 bits per heavy atom. The number of hydrogen-bond acceptors (Lipinski definition) is 1. The third-order valence-electron chi connectivity index (χ3n) is 1.87. The summed E-state index contributed by atoms with van der Waals surface area (Å²) >= 11 is 0. The average molecular weight is 167 g/mol. The van der Waals surface area contributed by atoms with E-state index in [1.54, 1.807) is 0 Å². The first-order chi connectivity index (χ1) is 5.84. The van der Waals surface area contributed by atoms with Crippen molar-refractivity contribution < 1.29 is 0 Å². The van der Waals surface area contributed by atoms with Gasteiger partial charge in [0.25, 0.3) is 0 Å². The molecule has 1 saturated heterocycles. The van der Waals surface area contributed by atoms with Gasteiger partial charge in [-0.25, -0.2) is 0 Å². The summed E-state index contributed by atoms with van der Waals surface area (Å²) in [5.41, 5.74) is 1.17. The van der Waals surface area contributed by atoms with Gasteiger partial charge < -0.3 is 4.90 Å². The zero-order valence-electron chi connectivity index (χ0n) is 8.64. The van der Waals surface area contributed by atoms with Gasteiger partial charge >= 0.3 is 0 Å². The molecule has 1 fully saturated rings. The van der Waals surface area contributed by atoms with Crippen LogP contribution in [0.15, 0.2) is 24.4 Å². The summed E-state index contributed by atoms with van der Waals surface area (Å²) in [7, 11) is 0. The number of allylic oxidation sites excluding steroid dienone is 2. The summed E-state index contributed by atoms with van der Waals surface area (Å²) in [5.74, 6) is 0. The molecule has 0 unspecified atom stereocenters. The Morgan fingerprint density at radius 1 is 1.25 bits per heavy atom. The molecule has 70 valence electrons. The third kappa shape index (κ3) is 3.61. The lowest BCUT2D eigenvalue weighted by Crippen LogP contribution is -2.15. The second-order valence-electron chi connectivity index (χ2n) is 2.69. The van der Waals surface area contributed by atoms with Gasteiger partial charge in [0, 0.05) is 18.8 Å². The molecule has 1 aliphatic rings. The molecular weight excluding hydrogens is 146 g/mol. The summed E-state index contributed by atoms with van der Waals surface area (Å²) in [4.78, 5) is 2.33. The molecule has 0 atom stereocenters. The van der Waals surface area contributed by atoms with E-state index in [0.29, 0.717) is 0 Å². The maximum Gasteiger partial charge on any atom is 0.0289 e. The molecule has 0 bridgehead atoms. The molecule has 12 heavy (non-hydrogen) atoms. The van der Waals surface area contributed by atoms with E-state index in [1.807, 2.05) is 26.8 Å². The number of likely N-dealkylation sites (tertiary alicyclic amines) is 1. The predicted octanol–water partition coefficient (Wildman–Crippen LogP) is 3.20. The second-order valence-corrected chi connectivity index (χ2v) is 2.69. The van der Waals surface area contributed by atoms with Gasteiger partial charge in [-0.15, -0.1) is 0 Å². The van der Waals surface area contributed by atoms with Crippen LogP contribution >= 0.6 is 0 Å². The molecule has 1 aliphatic heterocycles. The maximum atomic E-state index is 3.97. The quantitative estimate of drug-likeness (QED) is 0.571. The lowest BCUT2D eigenvalue weighted by Gasteiger charge is -2.16. The first kappa shape index (κ1) is 11.3. The Balaban J connectivity index is 0.000000561. The van der Waals surface area contributed by atoms with Crippen LogP contribution in [0.5, 0.6) is 0 Å². The minimum atomic E-state index is 1.17. The molecule has 1 nitrogen and oxygen atoms in total. The molecule has 0 saturated carbocycles. The Labute approximate surface area is 76.8 Å². The summed E-state index contributed by atoms with van der Waals surface area (Å²) < 4.78 is 0. The average Bonchev–Trinajstić information content (AvgIpc) is 2.60. The van der Waals surface area contributed by atoms with Gasteiger partial charge in [-0.2, -0.15) is 0 Å². The van der Waals surface area contributed by atoms with Gasteiger partial charge in [-0.05, 0) is 25.8 Å². The molecule has 0 aromatic rings. The molecule has 0 aromatic heterocycles. The summed E-state index contributed by atoms with van der Waals surface area (Å²) in [5, 5.41) is 0. The Kier molecular flexibility index (Phi) is 6.54. The molecule has 0 radical (unpaired) electrons. The SMILES string of the molecule is C=C(/C=C\C)N1CCCC1.CC. The summed E-state index contributed by atoms with van der Waals surface area (Å²) in [6.07, 6.45) is 6.78. The van der Waals surface area contributed by atoms with Crippen LogP contribution in [0, 0.1) is 0 Å². The maximum absolute atomic E-state index is 3.97. The van der Waals surface area contributed by atoms with Gasteiger partial charge in [0.2, 0.25) is 0 Å². The van der Waals surface area contributed by atoms with Crippen LogP contribution in [-0.4, -0.2) is 18.0 Å². The smallest absolute Gasteiger partial charge is 0.0289 e. The van der Waals surface area contributed by atoms with Crippen molar-refractivity contribution in [2.75, 3.05) is 13.1 Å². The standard InChI is InChI=1S/C9H15N.C2H6/c1-3-6-9(2)10-7-4-5-8-10;1-2/h3,6H,2,4-5,7-8H2,1H3;1-2H3/b6-3-;. The van der Waals surface area contributed by atoms with E-state index in [4.69, 9.17) is 0 Å². The van der Waals surface area contributed by atoms with Crippen molar-refractivity contribution in [1.29, 1.82) is 0 Å². The highest BCUT2D eigenvalue weighted by molar-refractivity contribution is 5.13. The largest absolute Gasteiger partial charge is 0.372 e. The molecule has 0 aliphatic carbocycles. The van der Waals surface area contributed by atoms with Gasteiger partial charge in [-0.3, -0.25) is 0 Å². The van der Waals surface area contributed by atoms with Gasteiger partial charge in [0.15, 0.2) is 0 Å². The van der Waals surface area contributed by atoms with Gasteiger partial charge in [0.05, 0.1) is 0 Å². The minimum Gasteiger partial charge on any atom is -0.372 e. The normalized spacial score (nSPS) is 16.1. The lowest BCUT2D eigenvalue weighted by molar-refractivity contribution is 0.442. The van der Waals surface area contributed by atoms with E-state index < -0.39 is 0 Å². The van der Waals surface area contributed by atoms with Crippen LogP contribution in [0.2, 0.25) is 0 Å². The van der Waals surface area contributed by atoms with Crippen molar-refractivity contribution in [2.45, 2.75) is 33.6 Å². The highest BCUT2D eigenvalue weighted by Gasteiger charge is 2.10. The Morgan fingerprint density at radius 2 is 1.75 bits per heavy atom. The van der Waals surface area contributed by atoms with Crippen LogP contribution in [0.1, 0.15) is 33.6 Å². The number of nitrogens with zero attached hydrogens (tertiary/aromatic N) is 1. The van der Waals surface area contributed by atoms with E-state index in [-0.39, 0.29) is 0 Å². The summed E-state index contributed by atoms with van der Waals surface area (Å²) in [6, 6.07) is 0. The first-order valence-corrected chi connectivity index (χ1v) is 4.91. The summed E-state index contributed by atoms with van der Waals surface area (Å²) in [6.45, 7) is 12.4. The van der Waals surface area contributed by atoms with E-state index in [9.17, 15) is 0 Å². The molecule has 1 heteroatoms. The topological polar surface area (TPSA) is 3.24 Å². The fourth-order valence-corrected chi connectivity index (χ4v) is 1.30. The van der Waals surface area contributed by atoms with Crippen molar-refractivity contribution in [1.82, 2.24) is 4.90 Å². The molecule has 0 aromatic carbocycles. The second kappa shape index (κ2) is 6.96. The van der Waals surface area contributed by atoms with Gasteiger partial charge in [0.1, 0.15) is 0 Å². The zero-order chi connectivity index (χ0) is 9.40. The van der Waals surface area contributed by atoms with E-state index in [0.717, 1.165) is 0 Å². The third-order valence-corrected chi connectivity index (χ3v) is 1.87. The van der Waals surface area contributed by atoms with Crippen LogP contribution in [0.3, 0.4) is 0 Å². The van der Waals surface area contributed by atoms with Crippen LogP contribution in [0.25, 0.3) is 0 Å². The van der Waals surface area contributed by atoms with E-state index in [2.05, 4.69) is 17.6 Å². The van der Waals surface area contributed by atoms with Crippen molar-refractivity contribution in [3.05, 3.63) is 24.4 Å². The highest BCUT2D eigenvalue weighted by atomic mass is 15.1. The first-order valence-electron chi connectivity index (χ1n) is 4.91. The minimum absolute atomic E-state index is 1.17. The molecular formula is C11H21N. The Hall–Kier alpha value is -0.720. The zero-order valence-corrected chi connectivity index (χ0v) is 8.64.